The SMILES string of the molecule is Cc1cc(C)n([C@@H]2CCCN(C(=O)c3cnc[nH]3)C2)n1. The largest absolute Gasteiger partial charge is 0.341 e. The number of aromatic amines is 1. The molecule has 6 nitrogen and oxygen atoms in total. The molecule has 3 rings (SSSR count). The van der Waals surface area contributed by atoms with Gasteiger partial charge in [-0.25, -0.2) is 4.98 Å². The maximum atomic E-state index is 12.4. The van der Waals surface area contributed by atoms with Gasteiger partial charge in [-0.3, -0.25) is 9.48 Å². The van der Waals surface area contributed by atoms with Gasteiger partial charge in [-0.1, -0.05) is 0 Å². The molecular formula is C14H19N5O. The van der Waals surface area contributed by atoms with Crippen LogP contribution in [0.25, 0.3) is 0 Å². The van der Waals surface area contributed by atoms with Crippen LogP contribution in [0.4, 0.5) is 0 Å². The zero-order valence-corrected chi connectivity index (χ0v) is 11.8. The number of hydrogen-bond acceptors (Lipinski definition) is 3. The third-order valence-electron chi connectivity index (χ3n) is 3.80. The van der Waals surface area contributed by atoms with Crippen LogP contribution in [-0.2, 0) is 0 Å². The molecule has 1 aliphatic heterocycles. The Morgan fingerprint density at radius 1 is 1.45 bits per heavy atom. The Morgan fingerprint density at radius 2 is 2.30 bits per heavy atom. The van der Waals surface area contributed by atoms with Crippen molar-refractivity contribution in [3.05, 3.63) is 35.7 Å². The van der Waals surface area contributed by atoms with Gasteiger partial charge in [0.25, 0.3) is 5.91 Å². The van der Waals surface area contributed by atoms with E-state index in [4.69, 9.17) is 0 Å². The van der Waals surface area contributed by atoms with Gasteiger partial charge in [0.2, 0.25) is 0 Å². The average molecular weight is 273 g/mol. The van der Waals surface area contributed by atoms with Gasteiger partial charge in [0, 0.05) is 18.8 Å². The highest BCUT2D eigenvalue weighted by Gasteiger charge is 2.27. The van der Waals surface area contributed by atoms with Crippen LogP contribution in [-0.4, -0.2) is 43.6 Å². The highest BCUT2D eigenvalue weighted by Crippen LogP contribution is 2.23. The number of likely N-dealkylation sites (tertiary alicyclic amines) is 1. The Kier molecular flexibility index (Phi) is 3.30. The molecule has 0 unspecified atom stereocenters. The molecule has 2 aromatic heterocycles. The Labute approximate surface area is 117 Å². The molecule has 0 spiro atoms. The molecule has 1 aliphatic rings. The molecule has 2 aromatic rings. The van der Waals surface area contributed by atoms with E-state index < -0.39 is 0 Å². The first-order valence-corrected chi connectivity index (χ1v) is 6.95. The summed E-state index contributed by atoms with van der Waals surface area (Å²) in [6.07, 6.45) is 5.18. The van der Waals surface area contributed by atoms with Crippen molar-refractivity contribution in [2.24, 2.45) is 0 Å². The molecule has 1 atom stereocenters. The van der Waals surface area contributed by atoms with E-state index >= 15 is 0 Å². The Hall–Kier alpha value is -2.11. The van der Waals surface area contributed by atoms with E-state index in [0.717, 1.165) is 30.8 Å². The van der Waals surface area contributed by atoms with Gasteiger partial charge < -0.3 is 9.88 Å². The summed E-state index contributed by atoms with van der Waals surface area (Å²) in [4.78, 5) is 21.0. The van der Waals surface area contributed by atoms with E-state index in [1.54, 1.807) is 6.20 Å². The Balaban J connectivity index is 1.77. The fraction of sp³-hybridized carbons (Fsp3) is 0.500. The lowest BCUT2D eigenvalue weighted by Gasteiger charge is -2.33. The Morgan fingerprint density at radius 3 is 2.95 bits per heavy atom. The standard InChI is InChI=1S/C14H19N5O/c1-10-6-11(2)19(17-10)12-4-3-5-18(8-12)14(20)13-7-15-9-16-13/h6-7,9,12H,3-5,8H2,1-2H3,(H,15,16)/t12-/m1/s1. The summed E-state index contributed by atoms with van der Waals surface area (Å²) >= 11 is 0. The first kappa shape index (κ1) is 12.9. The molecule has 3 heterocycles. The molecule has 1 N–H and O–H groups in total. The number of piperidine rings is 1. The second kappa shape index (κ2) is 5.11. The number of aryl methyl sites for hydroxylation is 2. The minimum Gasteiger partial charge on any atom is -0.341 e. The van der Waals surface area contributed by atoms with Crippen LogP contribution >= 0.6 is 0 Å². The van der Waals surface area contributed by atoms with Gasteiger partial charge in [-0.15, -0.1) is 0 Å². The summed E-state index contributed by atoms with van der Waals surface area (Å²) in [6, 6.07) is 2.35. The topological polar surface area (TPSA) is 66.8 Å². The number of rotatable bonds is 2. The lowest BCUT2D eigenvalue weighted by molar-refractivity contribution is 0.0666. The third kappa shape index (κ3) is 2.33. The molecule has 1 saturated heterocycles. The van der Waals surface area contributed by atoms with E-state index in [-0.39, 0.29) is 11.9 Å². The number of hydrogen-bond donors (Lipinski definition) is 1. The van der Waals surface area contributed by atoms with Crippen molar-refractivity contribution in [2.75, 3.05) is 13.1 Å². The molecule has 1 fully saturated rings. The second-order valence-electron chi connectivity index (χ2n) is 5.38. The molecule has 20 heavy (non-hydrogen) atoms. The number of imidazole rings is 1. The first-order chi connectivity index (χ1) is 9.65. The molecule has 0 aliphatic carbocycles. The minimum atomic E-state index is 0.0220. The molecule has 6 heteroatoms. The fourth-order valence-electron chi connectivity index (χ4n) is 2.90. The third-order valence-corrected chi connectivity index (χ3v) is 3.80. The van der Waals surface area contributed by atoms with Crippen molar-refractivity contribution < 1.29 is 4.79 Å². The second-order valence-corrected chi connectivity index (χ2v) is 5.38. The van der Waals surface area contributed by atoms with E-state index in [9.17, 15) is 4.79 Å². The number of aromatic nitrogens is 4. The molecule has 0 radical (unpaired) electrons. The Bertz CT molecular complexity index is 601. The molecule has 0 bridgehead atoms. The van der Waals surface area contributed by atoms with Gasteiger partial charge >= 0.3 is 0 Å². The monoisotopic (exact) mass is 273 g/mol. The predicted octanol–water partition coefficient (Wildman–Crippen LogP) is 1.70. The minimum absolute atomic E-state index is 0.0220. The van der Waals surface area contributed by atoms with E-state index in [2.05, 4.69) is 32.7 Å². The lowest BCUT2D eigenvalue weighted by atomic mass is 10.1. The van der Waals surface area contributed by atoms with Crippen LogP contribution in [0.1, 0.15) is 40.8 Å². The van der Waals surface area contributed by atoms with E-state index in [1.165, 1.54) is 6.33 Å². The van der Waals surface area contributed by atoms with Crippen molar-refractivity contribution in [3.63, 3.8) is 0 Å². The van der Waals surface area contributed by atoms with E-state index in [0.29, 0.717) is 12.2 Å². The molecule has 0 aromatic carbocycles. The van der Waals surface area contributed by atoms with Gasteiger partial charge in [0.1, 0.15) is 5.69 Å². The maximum Gasteiger partial charge on any atom is 0.271 e. The number of nitrogens with one attached hydrogen (secondary N) is 1. The van der Waals surface area contributed by atoms with Crippen LogP contribution < -0.4 is 0 Å². The maximum absolute atomic E-state index is 12.4. The first-order valence-electron chi connectivity index (χ1n) is 6.95. The van der Waals surface area contributed by atoms with Gasteiger partial charge in [0.15, 0.2) is 0 Å². The predicted molar refractivity (Wildman–Crippen MR) is 74.5 cm³/mol. The van der Waals surface area contributed by atoms with Crippen molar-refractivity contribution in [2.45, 2.75) is 32.7 Å². The number of carbonyl (C=O) groups is 1. The smallest absolute Gasteiger partial charge is 0.271 e. The summed E-state index contributed by atoms with van der Waals surface area (Å²) in [7, 11) is 0. The van der Waals surface area contributed by atoms with E-state index in [1.807, 2.05) is 11.8 Å². The zero-order chi connectivity index (χ0) is 14.1. The van der Waals surface area contributed by atoms with Gasteiger partial charge in [-0.05, 0) is 32.8 Å². The summed E-state index contributed by atoms with van der Waals surface area (Å²) in [6.45, 7) is 5.57. The average Bonchev–Trinajstić information content (AvgIpc) is 3.08. The van der Waals surface area contributed by atoms with Gasteiger partial charge in [0.05, 0.1) is 24.3 Å². The van der Waals surface area contributed by atoms with Crippen LogP contribution in [0.2, 0.25) is 0 Å². The normalized spacial score (nSPS) is 19.3. The van der Waals surface area contributed by atoms with Gasteiger partial charge in [-0.2, -0.15) is 5.10 Å². The molecular weight excluding hydrogens is 254 g/mol. The fourth-order valence-corrected chi connectivity index (χ4v) is 2.90. The van der Waals surface area contributed by atoms with Crippen LogP contribution in [0.5, 0.6) is 0 Å². The molecule has 0 saturated carbocycles. The van der Waals surface area contributed by atoms with Crippen molar-refractivity contribution in [1.82, 2.24) is 24.6 Å². The van der Waals surface area contributed by atoms with Crippen LogP contribution in [0.3, 0.4) is 0 Å². The number of amides is 1. The van der Waals surface area contributed by atoms with Crippen molar-refractivity contribution >= 4 is 5.91 Å². The van der Waals surface area contributed by atoms with Crippen molar-refractivity contribution in [3.8, 4) is 0 Å². The molecule has 106 valence electrons. The summed E-state index contributed by atoms with van der Waals surface area (Å²) < 4.78 is 2.06. The number of nitrogens with zero attached hydrogens (tertiary/aromatic N) is 4. The lowest BCUT2D eigenvalue weighted by Crippen LogP contribution is -2.41. The van der Waals surface area contributed by atoms with Crippen LogP contribution in [0, 0.1) is 13.8 Å². The number of carbonyl (C=O) groups excluding carboxylic acids is 1. The summed E-state index contributed by atoms with van der Waals surface area (Å²) in [5.41, 5.74) is 2.74. The zero-order valence-electron chi connectivity index (χ0n) is 11.8. The summed E-state index contributed by atoms with van der Waals surface area (Å²) in [5.74, 6) is 0.0220. The molecule has 1 amide bonds. The quantitative estimate of drug-likeness (QED) is 0.905. The highest BCUT2D eigenvalue weighted by atomic mass is 16.2. The van der Waals surface area contributed by atoms with Crippen LogP contribution in [0.15, 0.2) is 18.6 Å². The highest BCUT2D eigenvalue weighted by molar-refractivity contribution is 5.92. The summed E-state index contributed by atoms with van der Waals surface area (Å²) in [5, 5.41) is 4.55. The number of H-pyrrole nitrogens is 1. The van der Waals surface area contributed by atoms with Crippen molar-refractivity contribution in [1.29, 1.82) is 0 Å².